The van der Waals surface area contributed by atoms with Gasteiger partial charge in [-0.1, -0.05) is 12.1 Å². The number of hydrogen-bond acceptors (Lipinski definition) is 1. The van der Waals surface area contributed by atoms with Gasteiger partial charge in [-0.05, 0) is 24.3 Å². The average molecular weight is 287 g/mol. The van der Waals surface area contributed by atoms with E-state index in [1.165, 1.54) is 18.2 Å². The maximum Gasteiger partial charge on any atom is 0.336 e. The zero-order valence-corrected chi connectivity index (χ0v) is 10.9. The lowest BCUT2D eigenvalue weighted by molar-refractivity contribution is 0.0699. The van der Waals surface area contributed by atoms with E-state index in [9.17, 15) is 13.6 Å². The molecule has 3 rings (SSSR count). The third kappa shape index (κ3) is 2.38. The maximum absolute atomic E-state index is 13.7. The normalized spacial score (nSPS) is 11.0. The van der Waals surface area contributed by atoms with E-state index in [1.807, 2.05) is 0 Å². The van der Waals surface area contributed by atoms with Crippen molar-refractivity contribution in [3.8, 4) is 0 Å². The third-order valence-electron chi connectivity index (χ3n) is 3.40. The molecule has 0 aliphatic heterocycles. The second-order valence-corrected chi connectivity index (χ2v) is 4.72. The van der Waals surface area contributed by atoms with E-state index in [2.05, 4.69) is 0 Å². The molecule has 106 valence electrons. The number of hydrogen-bond donors (Lipinski definition) is 1. The summed E-state index contributed by atoms with van der Waals surface area (Å²) in [5.74, 6) is -2.25. The summed E-state index contributed by atoms with van der Waals surface area (Å²) in [6.07, 6.45) is 1.69. The Labute approximate surface area is 119 Å². The summed E-state index contributed by atoms with van der Waals surface area (Å²) in [7, 11) is 0. The van der Waals surface area contributed by atoms with Crippen LogP contribution in [0.5, 0.6) is 0 Å². The van der Waals surface area contributed by atoms with Gasteiger partial charge in [0.15, 0.2) is 0 Å². The lowest BCUT2D eigenvalue weighted by atomic mass is 10.1. The molecule has 5 heteroatoms. The van der Waals surface area contributed by atoms with Crippen LogP contribution in [0.15, 0.2) is 48.7 Å². The van der Waals surface area contributed by atoms with Crippen molar-refractivity contribution in [2.45, 2.75) is 6.54 Å². The van der Waals surface area contributed by atoms with Gasteiger partial charge in [-0.2, -0.15) is 0 Å². The molecule has 1 N–H and O–H groups in total. The van der Waals surface area contributed by atoms with Gasteiger partial charge in [0.2, 0.25) is 0 Å². The molecule has 0 saturated carbocycles. The van der Waals surface area contributed by atoms with Crippen molar-refractivity contribution in [3.63, 3.8) is 0 Å². The van der Waals surface area contributed by atoms with E-state index in [4.69, 9.17) is 5.11 Å². The van der Waals surface area contributed by atoms with E-state index in [-0.39, 0.29) is 12.1 Å². The first-order chi connectivity index (χ1) is 10.1. The molecule has 0 unspecified atom stereocenters. The average Bonchev–Trinajstić information content (AvgIpc) is 2.85. The van der Waals surface area contributed by atoms with E-state index in [0.29, 0.717) is 16.5 Å². The van der Waals surface area contributed by atoms with Gasteiger partial charge < -0.3 is 9.67 Å². The number of aromatic nitrogens is 1. The van der Waals surface area contributed by atoms with Crippen molar-refractivity contribution in [2.75, 3.05) is 0 Å². The molecule has 2 aromatic carbocycles. The second-order valence-electron chi connectivity index (χ2n) is 4.72. The van der Waals surface area contributed by atoms with Gasteiger partial charge in [-0.15, -0.1) is 0 Å². The predicted octanol–water partition coefficient (Wildman–Crippen LogP) is 3.67. The summed E-state index contributed by atoms with van der Waals surface area (Å²) in [5.41, 5.74) is 1.24. The molecule has 3 aromatic rings. The van der Waals surface area contributed by atoms with Crippen LogP contribution in [0.1, 0.15) is 15.9 Å². The number of nitrogens with zero attached hydrogens (tertiary/aromatic N) is 1. The SMILES string of the molecule is O=C(O)c1cccc2c1ccn2Cc1ccc(F)cc1F. The molecule has 0 saturated heterocycles. The van der Waals surface area contributed by atoms with Crippen LogP contribution in [0, 0.1) is 11.6 Å². The Balaban J connectivity index is 2.06. The molecule has 3 nitrogen and oxygen atoms in total. The van der Waals surface area contributed by atoms with Gasteiger partial charge in [0.25, 0.3) is 0 Å². The van der Waals surface area contributed by atoms with Crippen LogP contribution in [-0.4, -0.2) is 15.6 Å². The summed E-state index contributed by atoms with van der Waals surface area (Å²) in [6.45, 7) is 0.207. The van der Waals surface area contributed by atoms with Crippen molar-refractivity contribution < 1.29 is 18.7 Å². The van der Waals surface area contributed by atoms with Crippen LogP contribution in [0.3, 0.4) is 0 Å². The largest absolute Gasteiger partial charge is 0.478 e. The molecule has 21 heavy (non-hydrogen) atoms. The highest BCUT2D eigenvalue weighted by Crippen LogP contribution is 2.22. The summed E-state index contributed by atoms with van der Waals surface area (Å²) in [4.78, 5) is 11.2. The van der Waals surface area contributed by atoms with Crippen molar-refractivity contribution in [3.05, 3.63) is 71.4 Å². The summed E-state index contributed by atoms with van der Waals surface area (Å²) in [5, 5.41) is 9.74. The second kappa shape index (κ2) is 5.01. The van der Waals surface area contributed by atoms with Gasteiger partial charge in [-0.25, -0.2) is 13.6 Å². The number of benzene rings is 2. The number of carbonyl (C=O) groups is 1. The number of halogens is 2. The highest BCUT2D eigenvalue weighted by Gasteiger charge is 2.12. The summed E-state index contributed by atoms with van der Waals surface area (Å²) < 4.78 is 28.3. The standard InChI is InChI=1S/C16H11F2NO2/c17-11-5-4-10(14(18)8-11)9-19-7-6-12-13(16(20)21)2-1-3-15(12)19/h1-8H,9H2,(H,20,21). The van der Waals surface area contributed by atoms with Crippen LogP contribution < -0.4 is 0 Å². The molecule has 1 heterocycles. The fourth-order valence-corrected chi connectivity index (χ4v) is 2.38. The highest BCUT2D eigenvalue weighted by atomic mass is 19.1. The predicted molar refractivity (Wildman–Crippen MR) is 74.4 cm³/mol. The Morgan fingerprint density at radius 1 is 1.14 bits per heavy atom. The fourth-order valence-electron chi connectivity index (χ4n) is 2.38. The molecule has 0 radical (unpaired) electrons. The van der Waals surface area contributed by atoms with Crippen LogP contribution in [-0.2, 0) is 6.54 Å². The first-order valence-corrected chi connectivity index (χ1v) is 6.31. The molecular weight excluding hydrogens is 276 g/mol. The van der Waals surface area contributed by atoms with Crippen molar-refractivity contribution >= 4 is 16.9 Å². The number of fused-ring (bicyclic) bond motifs is 1. The highest BCUT2D eigenvalue weighted by molar-refractivity contribution is 6.02. The molecule has 1 aromatic heterocycles. The summed E-state index contributed by atoms with van der Waals surface area (Å²) >= 11 is 0. The number of carboxylic acids is 1. The van der Waals surface area contributed by atoms with Crippen LogP contribution in [0.4, 0.5) is 8.78 Å². The number of rotatable bonds is 3. The van der Waals surface area contributed by atoms with Crippen molar-refractivity contribution in [2.24, 2.45) is 0 Å². The van der Waals surface area contributed by atoms with Crippen LogP contribution in [0.25, 0.3) is 10.9 Å². The molecule has 0 aliphatic rings. The van der Waals surface area contributed by atoms with Gasteiger partial charge in [0, 0.05) is 28.7 Å². The van der Waals surface area contributed by atoms with Crippen molar-refractivity contribution in [1.82, 2.24) is 4.57 Å². The smallest absolute Gasteiger partial charge is 0.336 e. The van der Waals surface area contributed by atoms with Gasteiger partial charge in [0.05, 0.1) is 12.1 Å². The Bertz CT molecular complexity index is 839. The topological polar surface area (TPSA) is 42.2 Å². The molecule has 0 amide bonds. The third-order valence-corrected chi connectivity index (χ3v) is 3.40. The van der Waals surface area contributed by atoms with Crippen molar-refractivity contribution in [1.29, 1.82) is 0 Å². The van der Waals surface area contributed by atoms with Gasteiger partial charge in [-0.3, -0.25) is 0 Å². The lowest BCUT2D eigenvalue weighted by Gasteiger charge is -2.07. The molecule has 0 aliphatic carbocycles. The lowest BCUT2D eigenvalue weighted by Crippen LogP contribution is -2.02. The first kappa shape index (κ1) is 13.3. The first-order valence-electron chi connectivity index (χ1n) is 6.31. The van der Waals surface area contributed by atoms with Gasteiger partial charge >= 0.3 is 5.97 Å². The zero-order chi connectivity index (χ0) is 15.0. The van der Waals surface area contributed by atoms with E-state index in [1.54, 1.807) is 29.0 Å². The molecule has 0 atom stereocenters. The molecule has 0 bridgehead atoms. The maximum atomic E-state index is 13.7. The summed E-state index contributed by atoms with van der Waals surface area (Å²) in [6, 6.07) is 10.0. The molecule has 0 fully saturated rings. The quantitative estimate of drug-likeness (QED) is 0.798. The minimum atomic E-state index is -1.01. The van der Waals surface area contributed by atoms with E-state index in [0.717, 1.165) is 6.07 Å². The minimum absolute atomic E-state index is 0.200. The van der Waals surface area contributed by atoms with Crippen LogP contribution >= 0.6 is 0 Å². The minimum Gasteiger partial charge on any atom is -0.478 e. The Morgan fingerprint density at radius 3 is 2.67 bits per heavy atom. The Morgan fingerprint density at radius 2 is 1.95 bits per heavy atom. The Kier molecular flexibility index (Phi) is 3.17. The van der Waals surface area contributed by atoms with E-state index < -0.39 is 17.6 Å². The van der Waals surface area contributed by atoms with Crippen LogP contribution in [0.2, 0.25) is 0 Å². The Hall–Kier alpha value is -2.69. The monoisotopic (exact) mass is 287 g/mol. The van der Waals surface area contributed by atoms with Gasteiger partial charge in [0.1, 0.15) is 11.6 Å². The molecule has 0 spiro atoms. The number of aromatic carboxylic acids is 1. The molecular formula is C16H11F2NO2. The number of carboxylic acid groups (broad SMARTS) is 1. The zero-order valence-electron chi connectivity index (χ0n) is 10.9. The van der Waals surface area contributed by atoms with E-state index >= 15 is 0 Å². The fraction of sp³-hybridized carbons (Fsp3) is 0.0625.